The molecule has 0 saturated heterocycles. The van der Waals surface area contributed by atoms with Crippen molar-refractivity contribution in [3.8, 4) is 5.69 Å². The number of nitrogens with zero attached hydrogens (tertiary/aromatic N) is 4. The number of carbonyl (C=O) groups is 1. The summed E-state index contributed by atoms with van der Waals surface area (Å²) >= 11 is 1.22. The van der Waals surface area contributed by atoms with E-state index in [1.54, 1.807) is 0 Å². The molecular weight excluding hydrogens is 386 g/mol. The lowest BCUT2D eigenvalue weighted by molar-refractivity contribution is 0.0380. The summed E-state index contributed by atoms with van der Waals surface area (Å²) in [7, 11) is 0. The second-order valence-electron chi connectivity index (χ2n) is 6.24. The quantitative estimate of drug-likeness (QED) is 0.456. The van der Waals surface area contributed by atoms with Crippen LogP contribution in [0, 0.1) is 13.8 Å². The summed E-state index contributed by atoms with van der Waals surface area (Å²) in [5, 5.41) is 0.868. The van der Waals surface area contributed by atoms with Crippen LogP contribution in [0.25, 0.3) is 15.9 Å². The van der Waals surface area contributed by atoms with Crippen LogP contribution in [0.15, 0.2) is 43.0 Å². The van der Waals surface area contributed by atoms with Gasteiger partial charge in [-0.05, 0) is 37.6 Å². The summed E-state index contributed by atoms with van der Waals surface area (Å²) in [4.78, 5) is 22.3. The van der Waals surface area contributed by atoms with Gasteiger partial charge in [-0.15, -0.1) is 11.3 Å². The summed E-state index contributed by atoms with van der Waals surface area (Å²) in [5.74, 6) is -0.621. The van der Waals surface area contributed by atoms with Gasteiger partial charge in [0.25, 0.3) is 0 Å². The average molecular weight is 402 g/mol. The van der Waals surface area contributed by atoms with Crippen molar-refractivity contribution in [1.82, 2.24) is 19.1 Å². The zero-order valence-electron chi connectivity index (χ0n) is 15.1. The minimum atomic E-state index is -2.74. The Kier molecular flexibility index (Phi) is 4.68. The minimum Gasteiger partial charge on any atom is -0.453 e. The van der Waals surface area contributed by atoms with E-state index in [0.717, 1.165) is 27.7 Å². The number of esters is 1. The van der Waals surface area contributed by atoms with Crippen LogP contribution in [0.4, 0.5) is 8.78 Å². The third kappa shape index (κ3) is 3.18. The van der Waals surface area contributed by atoms with Crippen LogP contribution in [-0.2, 0) is 11.3 Å². The Balaban J connectivity index is 1.73. The van der Waals surface area contributed by atoms with Crippen LogP contribution >= 0.6 is 11.3 Å². The molecule has 0 fully saturated rings. The summed E-state index contributed by atoms with van der Waals surface area (Å²) in [6, 6.07) is 5.67. The van der Waals surface area contributed by atoms with E-state index < -0.39 is 12.5 Å². The lowest BCUT2D eigenvalue weighted by atomic mass is 10.1. The largest absolute Gasteiger partial charge is 0.453 e. The van der Waals surface area contributed by atoms with Crippen molar-refractivity contribution in [1.29, 1.82) is 0 Å². The SMILES string of the molecule is Cc1cc(C)c2c(-n3cccc3)c(C(=O)OCc3nccn3C(F)F)sc2n1. The van der Waals surface area contributed by atoms with E-state index in [4.69, 9.17) is 4.74 Å². The Hall–Kier alpha value is -3.07. The van der Waals surface area contributed by atoms with Gasteiger partial charge in [-0.25, -0.2) is 14.8 Å². The predicted molar refractivity (Wildman–Crippen MR) is 101 cm³/mol. The van der Waals surface area contributed by atoms with Gasteiger partial charge in [-0.1, -0.05) is 0 Å². The number of rotatable bonds is 5. The maximum Gasteiger partial charge on any atom is 0.351 e. The maximum absolute atomic E-state index is 13.0. The summed E-state index contributed by atoms with van der Waals surface area (Å²) in [5.41, 5.74) is 2.52. The molecule has 28 heavy (non-hydrogen) atoms. The van der Waals surface area contributed by atoms with E-state index in [1.165, 1.54) is 17.5 Å². The van der Waals surface area contributed by atoms with Crippen molar-refractivity contribution in [2.24, 2.45) is 0 Å². The zero-order chi connectivity index (χ0) is 19.8. The fraction of sp³-hybridized carbons (Fsp3) is 0.211. The van der Waals surface area contributed by atoms with Crippen molar-refractivity contribution in [2.45, 2.75) is 27.0 Å². The number of fused-ring (bicyclic) bond motifs is 1. The number of hydrogen-bond acceptors (Lipinski definition) is 5. The Bertz CT molecular complexity index is 1150. The van der Waals surface area contributed by atoms with Crippen molar-refractivity contribution >= 4 is 27.5 Å². The van der Waals surface area contributed by atoms with Crippen molar-refractivity contribution in [3.63, 3.8) is 0 Å². The molecule has 6 nitrogen and oxygen atoms in total. The molecule has 0 aromatic carbocycles. The Morgan fingerprint density at radius 3 is 2.71 bits per heavy atom. The number of ether oxygens (including phenoxy) is 1. The first-order valence-electron chi connectivity index (χ1n) is 8.46. The van der Waals surface area contributed by atoms with Crippen LogP contribution < -0.4 is 0 Å². The molecule has 4 heterocycles. The van der Waals surface area contributed by atoms with E-state index >= 15 is 0 Å². The first-order valence-corrected chi connectivity index (χ1v) is 9.28. The molecule has 0 N–H and O–H groups in total. The normalized spacial score (nSPS) is 11.5. The molecular formula is C19H16F2N4O2S. The van der Waals surface area contributed by atoms with E-state index in [1.807, 2.05) is 49.0 Å². The zero-order valence-corrected chi connectivity index (χ0v) is 15.9. The maximum atomic E-state index is 13.0. The highest BCUT2D eigenvalue weighted by Crippen LogP contribution is 2.36. The molecule has 4 aromatic rings. The van der Waals surface area contributed by atoms with Crippen LogP contribution in [0.5, 0.6) is 0 Å². The highest BCUT2D eigenvalue weighted by Gasteiger charge is 2.24. The molecule has 4 rings (SSSR count). The van der Waals surface area contributed by atoms with Gasteiger partial charge in [-0.3, -0.25) is 4.57 Å². The standard InChI is InChI=1S/C19H16F2N4O2S/c1-11-9-12(2)23-17-14(11)15(24-6-3-4-7-24)16(28-17)18(26)27-10-13-22-5-8-25(13)19(20)21/h3-9,19H,10H2,1-2H3. The van der Waals surface area contributed by atoms with Crippen molar-refractivity contribution in [3.05, 3.63) is 64.9 Å². The van der Waals surface area contributed by atoms with E-state index in [0.29, 0.717) is 15.1 Å². The smallest absolute Gasteiger partial charge is 0.351 e. The number of carbonyl (C=O) groups excluding carboxylic acids is 1. The van der Waals surface area contributed by atoms with Crippen LogP contribution in [0.1, 0.15) is 33.3 Å². The van der Waals surface area contributed by atoms with Gasteiger partial charge in [0.1, 0.15) is 16.3 Å². The lowest BCUT2D eigenvalue weighted by Crippen LogP contribution is -2.11. The summed E-state index contributed by atoms with van der Waals surface area (Å²) < 4.78 is 33.7. The number of pyridine rings is 1. The molecule has 0 bridgehead atoms. The molecule has 0 radical (unpaired) electrons. The molecule has 0 aliphatic carbocycles. The molecule has 0 saturated carbocycles. The minimum absolute atomic E-state index is 0.0166. The Morgan fingerprint density at radius 1 is 1.25 bits per heavy atom. The van der Waals surface area contributed by atoms with Crippen LogP contribution in [-0.4, -0.2) is 25.1 Å². The summed E-state index contributed by atoms with van der Waals surface area (Å²) in [6.45, 7) is 0.765. The highest BCUT2D eigenvalue weighted by molar-refractivity contribution is 7.21. The monoisotopic (exact) mass is 402 g/mol. The van der Waals surface area contributed by atoms with Crippen LogP contribution in [0.2, 0.25) is 0 Å². The topological polar surface area (TPSA) is 61.9 Å². The van der Waals surface area contributed by atoms with Gasteiger partial charge in [0.2, 0.25) is 0 Å². The number of halogens is 2. The van der Waals surface area contributed by atoms with Gasteiger partial charge >= 0.3 is 12.5 Å². The molecule has 0 atom stereocenters. The Morgan fingerprint density at radius 2 is 2.00 bits per heavy atom. The third-order valence-electron chi connectivity index (χ3n) is 4.30. The molecule has 0 amide bonds. The number of alkyl halides is 2. The first-order chi connectivity index (χ1) is 13.5. The lowest BCUT2D eigenvalue weighted by Gasteiger charge is -2.09. The van der Waals surface area contributed by atoms with Crippen molar-refractivity contribution < 1.29 is 18.3 Å². The van der Waals surface area contributed by atoms with E-state index in [9.17, 15) is 13.6 Å². The fourth-order valence-corrected chi connectivity index (χ4v) is 4.31. The second kappa shape index (κ2) is 7.16. The van der Waals surface area contributed by atoms with Gasteiger partial charge in [0.05, 0.1) is 5.69 Å². The predicted octanol–water partition coefficient (Wildman–Crippen LogP) is 4.65. The molecule has 0 spiro atoms. The molecule has 0 unspecified atom stereocenters. The number of hydrogen-bond donors (Lipinski definition) is 0. The number of imidazole rings is 1. The number of aromatic nitrogens is 4. The van der Waals surface area contributed by atoms with Gasteiger partial charge in [0, 0.05) is 35.9 Å². The molecule has 9 heteroatoms. The van der Waals surface area contributed by atoms with Crippen LogP contribution in [0.3, 0.4) is 0 Å². The molecule has 4 aromatic heterocycles. The number of thiophene rings is 1. The summed E-state index contributed by atoms with van der Waals surface area (Å²) in [6.07, 6.45) is 6.06. The number of aryl methyl sites for hydroxylation is 2. The third-order valence-corrected chi connectivity index (χ3v) is 5.35. The Labute approximate surface area is 163 Å². The van der Waals surface area contributed by atoms with Gasteiger partial charge in [0.15, 0.2) is 5.82 Å². The first kappa shape index (κ1) is 18.3. The highest BCUT2D eigenvalue weighted by atomic mass is 32.1. The van der Waals surface area contributed by atoms with Crippen molar-refractivity contribution in [2.75, 3.05) is 0 Å². The fourth-order valence-electron chi connectivity index (χ4n) is 3.12. The molecule has 0 aliphatic rings. The average Bonchev–Trinajstić information content (AvgIpc) is 3.37. The molecule has 144 valence electrons. The molecule has 0 aliphatic heterocycles. The van der Waals surface area contributed by atoms with E-state index in [-0.39, 0.29) is 12.4 Å². The van der Waals surface area contributed by atoms with Gasteiger partial charge in [-0.2, -0.15) is 8.78 Å². The van der Waals surface area contributed by atoms with E-state index in [2.05, 4.69) is 9.97 Å². The second-order valence-corrected chi connectivity index (χ2v) is 7.23. The van der Waals surface area contributed by atoms with Gasteiger partial charge < -0.3 is 9.30 Å².